The van der Waals surface area contributed by atoms with E-state index in [1.54, 1.807) is 0 Å². The summed E-state index contributed by atoms with van der Waals surface area (Å²) in [5, 5.41) is 7.50. The van der Waals surface area contributed by atoms with Crippen molar-refractivity contribution in [2.75, 3.05) is 12.3 Å². The highest BCUT2D eigenvalue weighted by molar-refractivity contribution is 9.10. The maximum atomic E-state index is 11.5. The molecule has 0 atom stereocenters. The summed E-state index contributed by atoms with van der Waals surface area (Å²) >= 11 is 3.33. The zero-order valence-corrected chi connectivity index (χ0v) is 12.1. The second kappa shape index (κ2) is 6.86. The second-order valence-corrected chi connectivity index (χ2v) is 6.53. The zero-order chi connectivity index (χ0) is 13.6. The number of hydrogen-bond donors (Lipinski definition) is 2. The van der Waals surface area contributed by atoms with Crippen LogP contribution in [0.2, 0.25) is 0 Å². The summed E-state index contributed by atoms with van der Waals surface area (Å²) in [4.78, 5) is 11.5. The molecule has 0 unspecified atom stereocenters. The Balaban J connectivity index is 2.30. The zero-order valence-electron chi connectivity index (χ0n) is 9.73. The van der Waals surface area contributed by atoms with Crippen LogP contribution >= 0.6 is 15.9 Å². The third-order valence-electron chi connectivity index (χ3n) is 2.18. The molecule has 1 aromatic rings. The van der Waals surface area contributed by atoms with Crippen LogP contribution in [0.5, 0.6) is 0 Å². The van der Waals surface area contributed by atoms with Crippen molar-refractivity contribution < 1.29 is 13.2 Å². The Kier molecular flexibility index (Phi) is 5.77. The number of primary sulfonamides is 1. The van der Waals surface area contributed by atoms with Crippen molar-refractivity contribution >= 4 is 31.9 Å². The molecule has 0 saturated heterocycles. The molecule has 0 fully saturated rings. The third kappa shape index (κ3) is 6.73. The quantitative estimate of drug-likeness (QED) is 0.753. The first-order chi connectivity index (χ1) is 8.37. The molecule has 0 aliphatic rings. The van der Waals surface area contributed by atoms with Crippen LogP contribution in [0, 0.1) is 0 Å². The predicted octanol–water partition coefficient (Wildman–Crippen LogP) is 0.786. The highest BCUT2D eigenvalue weighted by Crippen LogP contribution is 2.11. The van der Waals surface area contributed by atoms with Crippen molar-refractivity contribution in [3.63, 3.8) is 0 Å². The normalized spacial score (nSPS) is 11.2. The van der Waals surface area contributed by atoms with Crippen molar-refractivity contribution in [3.05, 3.63) is 34.3 Å². The number of carbonyl (C=O) groups excluding carboxylic acids is 1. The Morgan fingerprint density at radius 3 is 2.72 bits per heavy atom. The van der Waals surface area contributed by atoms with E-state index in [-0.39, 0.29) is 18.1 Å². The highest BCUT2D eigenvalue weighted by atomic mass is 79.9. The number of amides is 1. The van der Waals surface area contributed by atoms with E-state index in [0.717, 1.165) is 10.0 Å². The van der Waals surface area contributed by atoms with Gasteiger partial charge in [0, 0.05) is 11.0 Å². The number of sulfonamides is 1. The first-order valence-electron chi connectivity index (χ1n) is 5.38. The third-order valence-corrected chi connectivity index (χ3v) is 3.53. The van der Waals surface area contributed by atoms with Gasteiger partial charge in [-0.25, -0.2) is 13.6 Å². The summed E-state index contributed by atoms with van der Waals surface area (Å²) in [5.74, 6) is -0.257. The maximum Gasteiger partial charge on any atom is 0.224 e. The Hall–Kier alpha value is -0.920. The van der Waals surface area contributed by atoms with Gasteiger partial charge in [-0.2, -0.15) is 0 Å². The Morgan fingerprint density at radius 1 is 1.39 bits per heavy atom. The van der Waals surface area contributed by atoms with Gasteiger partial charge in [0.1, 0.15) is 0 Å². The molecule has 100 valence electrons. The SMILES string of the molecule is NS(=O)(=O)CCCNC(=O)Cc1cccc(Br)c1. The molecule has 7 heteroatoms. The van der Waals surface area contributed by atoms with E-state index in [0.29, 0.717) is 13.0 Å². The standard InChI is InChI=1S/C11H15BrN2O3S/c12-10-4-1-3-9(7-10)8-11(15)14-5-2-6-18(13,16)17/h1,3-4,7H,2,5-6,8H2,(H,14,15)(H2,13,16,17). The Bertz CT molecular complexity index is 517. The van der Waals surface area contributed by atoms with E-state index in [4.69, 9.17) is 5.14 Å². The molecule has 0 spiro atoms. The van der Waals surface area contributed by atoms with Gasteiger partial charge in [-0.3, -0.25) is 4.79 Å². The predicted molar refractivity (Wildman–Crippen MR) is 73.4 cm³/mol. The number of hydrogen-bond acceptors (Lipinski definition) is 3. The van der Waals surface area contributed by atoms with Gasteiger partial charge in [-0.1, -0.05) is 28.1 Å². The van der Waals surface area contributed by atoms with E-state index in [9.17, 15) is 13.2 Å². The van der Waals surface area contributed by atoms with E-state index in [1.807, 2.05) is 24.3 Å². The topological polar surface area (TPSA) is 89.3 Å². The molecule has 0 aliphatic heterocycles. The van der Waals surface area contributed by atoms with Gasteiger partial charge in [-0.05, 0) is 24.1 Å². The highest BCUT2D eigenvalue weighted by Gasteiger charge is 2.05. The molecular formula is C11H15BrN2O3S. The molecule has 0 aromatic heterocycles. The lowest BCUT2D eigenvalue weighted by atomic mass is 10.1. The van der Waals surface area contributed by atoms with E-state index < -0.39 is 10.0 Å². The molecule has 0 heterocycles. The second-order valence-electron chi connectivity index (χ2n) is 3.88. The minimum atomic E-state index is -3.44. The smallest absolute Gasteiger partial charge is 0.224 e. The van der Waals surface area contributed by atoms with Crippen molar-refractivity contribution in [2.45, 2.75) is 12.8 Å². The van der Waals surface area contributed by atoms with Crippen LogP contribution in [0.25, 0.3) is 0 Å². The summed E-state index contributed by atoms with van der Waals surface area (Å²) in [6.07, 6.45) is 0.595. The lowest BCUT2D eigenvalue weighted by molar-refractivity contribution is -0.120. The van der Waals surface area contributed by atoms with Crippen LogP contribution in [0.1, 0.15) is 12.0 Å². The van der Waals surface area contributed by atoms with E-state index in [2.05, 4.69) is 21.2 Å². The average molecular weight is 335 g/mol. The summed E-state index contributed by atoms with van der Waals surface area (Å²) < 4.78 is 22.2. The molecule has 0 radical (unpaired) electrons. The van der Waals surface area contributed by atoms with Crippen molar-refractivity contribution in [3.8, 4) is 0 Å². The fraction of sp³-hybridized carbons (Fsp3) is 0.364. The molecular weight excluding hydrogens is 320 g/mol. The average Bonchev–Trinajstić information content (AvgIpc) is 2.23. The van der Waals surface area contributed by atoms with Gasteiger partial charge in [-0.15, -0.1) is 0 Å². The molecule has 0 bridgehead atoms. The number of benzene rings is 1. The van der Waals surface area contributed by atoms with Gasteiger partial charge in [0.15, 0.2) is 0 Å². The van der Waals surface area contributed by atoms with Crippen molar-refractivity contribution in [1.29, 1.82) is 0 Å². The first kappa shape index (κ1) is 15.1. The van der Waals surface area contributed by atoms with Gasteiger partial charge in [0.05, 0.1) is 12.2 Å². The van der Waals surface area contributed by atoms with Gasteiger partial charge < -0.3 is 5.32 Å². The number of carbonyl (C=O) groups is 1. The lowest BCUT2D eigenvalue weighted by Gasteiger charge is -2.05. The molecule has 0 saturated carbocycles. The summed E-state index contributed by atoms with van der Waals surface area (Å²) in [5.41, 5.74) is 0.897. The lowest BCUT2D eigenvalue weighted by Crippen LogP contribution is -2.28. The van der Waals surface area contributed by atoms with E-state index in [1.165, 1.54) is 0 Å². The Morgan fingerprint density at radius 2 is 2.11 bits per heavy atom. The van der Waals surface area contributed by atoms with Crippen LogP contribution in [0.3, 0.4) is 0 Å². The summed E-state index contributed by atoms with van der Waals surface area (Å²) in [6.45, 7) is 0.309. The van der Waals surface area contributed by atoms with Crippen LogP contribution in [0.15, 0.2) is 28.7 Å². The fourth-order valence-corrected chi connectivity index (χ4v) is 2.39. The molecule has 1 aromatic carbocycles. The van der Waals surface area contributed by atoms with Gasteiger partial charge in [0.25, 0.3) is 0 Å². The first-order valence-corrected chi connectivity index (χ1v) is 7.89. The van der Waals surface area contributed by atoms with E-state index >= 15 is 0 Å². The number of nitrogens with one attached hydrogen (secondary N) is 1. The molecule has 3 N–H and O–H groups in total. The number of halogens is 1. The minimum absolute atomic E-state index is 0.121. The monoisotopic (exact) mass is 334 g/mol. The summed E-state index contributed by atoms with van der Waals surface area (Å²) in [6, 6.07) is 7.46. The number of nitrogens with two attached hydrogens (primary N) is 1. The largest absolute Gasteiger partial charge is 0.356 e. The summed E-state index contributed by atoms with van der Waals surface area (Å²) in [7, 11) is -3.44. The van der Waals surface area contributed by atoms with Crippen LogP contribution < -0.4 is 10.5 Å². The van der Waals surface area contributed by atoms with Crippen molar-refractivity contribution in [1.82, 2.24) is 5.32 Å². The Labute approximate surface area is 115 Å². The molecule has 1 rings (SSSR count). The van der Waals surface area contributed by atoms with Gasteiger partial charge in [0.2, 0.25) is 15.9 Å². The fourth-order valence-electron chi connectivity index (χ4n) is 1.40. The van der Waals surface area contributed by atoms with Crippen LogP contribution in [0.4, 0.5) is 0 Å². The maximum absolute atomic E-state index is 11.5. The molecule has 18 heavy (non-hydrogen) atoms. The minimum Gasteiger partial charge on any atom is -0.356 e. The molecule has 0 aliphatic carbocycles. The molecule has 1 amide bonds. The molecule has 5 nitrogen and oxygen atoms in total. The van der Waals surface area contributed by atoms with Gasteiger partial charge >= 0.3 is 0 Å². The van der Waals surface area contributed by atoms with Crippen molar-refractivity contribution in [2.24, 2.45) is 5.14 Å². The number of rotatable bonds is 6. The van der Waals surface area contributed by atoms with Crippen LogP contribution in [-0.2, 0) is 21.2 Å². The van der Waals surface area contributed by atoms with Crippen LogP contribution in [-0.4, -0.2) is 26.6 Å².